The molecule has 394 valence electrons. The van der Waals surface area contributed by atoms with Crippen LogP contribution in [0.15, 0.2) is 108 Å². The van der Waals surface area contributed by atoms with Gasteiger partial charge in [-0.05, 0) is 172 Å². The number of esters is 1. The number of rotatable bonds is 11. The van der Waals surface area contributed by atoms with Crippen molar-refractivity contribution in [3.63, 3.8) is 0 Å². The number of ether oxygens (including phenoxy) is 1. The molecule has 6 heterocycles. The third-order valence-electron chi connectivity index (χ3n) is 17.7. The van der Waals surface area contributed by atoms with Crippen molar-refractivity contribution in [3.8, 4) is 0 Å². The second-order valence-corrected chi connectivity index (χ2v) is 29.7. The van der Waals surface area contributed by atoms with Gasteiger partial charge in [-0.2, -0.15) is 0 Å². The molecule has 0 atom stereocenters. The highest BCUT2D eigenvalue weighted by atomic mass is 32.2. The van der Waals surface area contributed by atoms with E-state index in [4.69, 9.17) is 14.7 Å². The minimum atomic E-state index is -3.81. The van der Waals surface area contributed by atoms with Gasteiger partial charge in [-0.1, -0.05) is 35.4 Å². The maximum absolute atomic E-state index is 13.5. The van der Waals surface area contributed by atoms with Crippen LogP contribution in [0.4, 0.5) is 0 Å². The molecule has 16 nitrogen and oxygen atoms in total. The SMILES string of the molecule is Cc1ccc(S(=O)(=O)n2ccc3c2ncc2cnc(C45CCC(CC(=O)OC(C)(C)C)(CC4)CC5)n23)cc1.Cc1ccc(S(=O)(=O)n2ccc3c2ncc2cnc(C45CCC(CS(=O)(=O)C6CC6)(CC4)CC5)n23)cc1. The second kappa shape index (κ2) is 17.3. The zero-order valence-corrected chi connectivity index (χ0v) is 45.6. The Kier molecular flexibility index (Phi) is 11.5. The van der Waals surface area contributed by atoms with Crippen LogP contribution in [0.25, 0.3) is 33.4 Å². The van der Waals surface area contributed by atoms with Crippen LogP contribution in [0.2, 0.25) is 0 Å². The summed E-state index contributed by atoms with van der Waals surface area (Å²) in [7, 11) is -10.6. The fourth-order valence-electron chi connectivity index (χ4n) is 13.2. The van der Waals surface area contributed by atoms with E-state index in [1.807, 2.05) is 53.1 Å². The monoisotopic (exact) mass is 1070 g/mol. The van der Waals surface area contributed by atoms with E-state index in [1.165, 1.54) is 7.94 Å². The zero-order chi connectivity index (χ0) is 52.6. The van der Waals surface area contributed by atoms with Crippen LogP contribution in [0.3, 0.4) is 0 Å². The summed E-state index contributed by atoms with van der Waals surface area (Å²) in [6.45, 7) is 9.58. The molecule has 7 fully saturated rings. The lowest BCUT2D eigenvalue weighted by Crippen LogP contribution is -2.48. The molecular formula is C56H64N8O8S3. The Hall–Kier alpha value is -5.92. The van der Waals surface area contributed by atoms with E-state index in [0.717, 1.165) is 129 Å². The molecule has 4 bridgehead atoms. The molecule has 0 saturated heterocycles. The molecule has 2 aromatic carbocycles. The molecule has 0 unspecified atom stereocenters. The number of aromatic nitrogens is 8. The molecule has 0 amide bonds. The normalized spacial score (nSPS) is 25.0. The first kappa shape index (κ1) is 49.9. The highest BCUT2D eigenvalue weighted by molar-refractivity contribution is 7.92. The van der Waals surface area contributed by atoms with E-state index in [9.17, 15) is 30.0 Å². The molecule has 7 aliphatic rings. The molecule has 6 aromatic heterocycles. The maximum Gasteiger partial charge on any atom is 0.306 e. The van der Waals surface area contributed by atoms with E-state index >= 15 is 0 Å². The predicted molar refractivity (Wildman–Crippen MR) is 285 cm³/mol. The van der Waals surface area contributed by atoms with E-state index in [1.54, 1.807) is 79.4 Å². The van der Waals surface area contributed by atoms with Gasteiger partial charge < -0.3 is 4.74 Å². The van der Waals surface area contributed by atoms with Crippen molar-refractivity contribution in [2.75, 3.05) is 5.75 Å². The minimum Gasteiger partial charge on any atom is -0.460 e. The first-order valence-corrected chi connectivity index (χ1v) is 30.9. The number of sulfone groups is 1. The van der Waals surface area contributed by atoms with Crippen molar-refractivity contribution in [2.45, 2.75) is 162 Å². The molecule has 19 heteroatoms. The van der Waals surface area contributed by atoms with Gasteiger partial charge in [0.25, 0.3) is 20.0 Å². The lowest BCUT2D eigenvalue weighted by atomic mass is 9.52. The Morgan fingerprint density at radius 1 is 0.560 bits per heavy atom. The van der Waals surface area contributed by atoms with Gasteiger partial charge in [0.15, 0.2) is 21.1 Å². The number of aryl methyl sites for hydroxylation is 2. The van der Waals surface area contributed by atoms with Crippen molar-refractivity contribution in [2.24, 2.45) is 10.8 Å². The van der Waals surface area contributed by atoms with Gasteiger partial charge in [0.1, 0.15) is 17.2 Å². The van der Waals surface area contributed by atoms with E-state index in [0.29, 0.717) is 29.0 Å². The van der Waals surface area contributed by atoms with Gasteiger partial charge in [-0.15, -0.1) is 0 Å². The average molecular weight is 1070 g/mol. The lowest BCUT2D eigenvalue weighted by Gasteiger charge is -2.52. The number of hydrogen-bond acceptors (Lipinski definition) is 12. The molecule has 15 rings (SSSR count). The van der Waals surface area contributed by atoms with Crippen molar-refractivity contribution < 1.29 is 34.8 Å². The molecule has 0 radical (unpaired) electrons. The van der Waals surface area contributed by atoms with Gasteiger partial charge in [0, 0.05) is 23.2 Å². The number of nitrogens with zero attached hydrogens (tertiary/aromatic N) is 8. The topological polar surface area (TPSA) is 199 Å². The summed E-state index contributed by atoms with van der Waals surface area (Å²) < 4.78 is 91.8. The van der Waals surface area contributed by atoms with Crippen molar-refractivity contribution in [1.82, 2.24) is 36.7 Å². The first-order chi connectivity index (χ1) is 35.5. The van der Waals surface area contributed by atoms with Gasteiger partial charge >= 0.3 is 5.97 Å². The van der Waals surface area contributed by atoms with Gasteiger partial charge in [-0.25, -0.2) is 53.1 Å². The highest BCUT2D eigenvalue weighted by Crippen LogP contribution is 2.60. The first-order valence-electron chi connectivity index (χ1n) is 26.3. The van der Waals surface area contributed by atoms with Crippen LogP contribution >= 0.6 is 0 Å². The van der Waals surface area contributed by atoms with Crippen LogP contribution in [-0.4, -0.2) is 84.5 Å². The molecular weight excluding hydrogens is 1010 g/mol. The van der Waals surface area contributed by atoms with E-state index in [2.05, 4.69) is 18.8 Å². The van der Waals surface area contributed by atoms with Crippen molar-refractivity contribution in [1.29, 1.82) is 0 Å². The largest absolute Gasteiger partial charge is 0.460 e. The Balaban J connectivity index is 0.000000152. The Morgan fingerprint density at radius 3 is 1.33 bits per heavy atom. The molecule has 75 heavy (non-hydrogen) atoms. The average Bonchev–Trinajstić information content (AvgIpc) is 3.70. The predicted octanol–water partition coefficient (Wildman–Crippen LogP) is 9.95. The summed E-state index contributed by atoms with van der Waals surface area (Å²) in [5.41, 5.74) is 5.08. The van der Waals surface area contributed by atoms with Gasteiger partial charge in [0.2, 0.25) is 0 Å². The van der Waals surface area contributed by atoms with Crippen LogP contribution in [0.1, 0.15) is 140 Å². The summed E-state index contributed by atoms with van der Waals surface area (Å²) >= 11 is 0. The summed E-state index contributed by atoms with van der Waals surface area (Å²) in [5.74, 6) is 2.13. The standard InChI is InChI=1S/C29H34N4O4S.C27H30N4O4S2/c1-20-5-7-22(8-6-20)38(35,36)32-16-9-23-25(32)30-18-21-19-31-26(33(21)23)29-13-10-28(11-14-29,12-15-29)17-24(34)37-27(2,3)4;1-19-2-4-22(5-3-19)37(34,35)30-15-8-23-24(30)28-16-20-17-29-25(31(20)23)27-12-9-26(10-13-27,11-14-27)18-36(32,33)21-6-7-21/h5-9,16,18-19H,10-15,17H2,1-4H3;2-5,8,15-17,21H,6-7,9-14,18H2,1H3. The number of imidazole rings is 2. The van der Waals surface area contributed by atoms with Crippen molar-refractivity contribution in [3.05, 3.63) is 121 Å². The number of fused-ring (bicyclic) bond motifs is 12. The van der Waals surface area contributed by atoms with Crippen LogP contribution in [0, 0.1) is 24.7 Å². The number of carbonyl (C=O) groups excluding carboxylic acids is 1. The number of hydrogen-bond donors (Lipinski definition) is 0. The summed E-state index contributed by atoms with van der Waals surface area (Å²) in [6.07, 6.45) is 23.4. The smallest absolute Gasteiger partial charge is 0.306 e. The van der Waals surface area contributed by atoms with Crippen LogP contribution in [-0.2, 0) is 50.2 Å². The van der Waals surface area contributed by atoms with E-state index < -0.39 is 35.5 Å². The second-order valence-electron chi connectivity index (χ2n) is 23.8. The van der Waals surface area contributed by atoms with Crippen LogP contribution in [0.5, 0.6) is 0 Å². The fourth-order valence-corrected chi connectivity index (χ4v) is 18.1. The molecule has 7 saturated carbocycles. The maximum atomic E-state index is 13.5. The Bertz CT molecular complexity index is 3890. The Labute approximate surface area is 438 Å². The number of benzene rings is 2. The molecule has 7 aliphatic carbocycles. The third kappa shape index (κ3) is 8.49. The van der Waals surface area contributed by atoms with E-state index in [-0.39, 0.29) is 42.7 Å². The zero-order valence-electron chi connectivity index (χ0n) is 43.2. The fraction of sp³-hybridized carbons (Fsp3) is 0.482. The molecule has 0 N–H and O–H groups in total. The van der Waals surface area contributed by atoms with Crippen molar-refractivity contribution >= 4 is 69.2 Å². The highest BCUT2D eigenvalue weighted by Gasteiger charge is 2.55. The number of carbonyl (C=O) groups is 1. The summed E-state index contributed by atoms with van der Waals surface area (Å²) in [6, 6.07) is 17.3. The van der Waals surface area contributed by atoms with Crippen LogP contribution < -0.4 is 0 Å². The van der Waals surface area contributed by atoms with Gasteiger partial charge in [-0.3, -0.25) is 13.6 Å². The molecule has 0 spiro atoms. The quantitative estimate of drug-likeness (QED) is 0.111. The van der Waals surface area contributed by atoms with Gasteiger partial charge in [0.05, 0.1) is 74.1 Å². The Morgan fingerprint density at radius 2 is 0.947 bits per heavy atom. The molecule has 8 aromatic rings. The minimum absolute atomic E-state index is 0.000528. The third-order valence-corrected chi connectivity index (χ3v) is 23.6. The lowest BCUT2D eigenvalue weighted by molar-refractivity contribution is -0.160. The molecule has 0 aliphatic heterocycles. The summed E-state index contributed by atoms with van der Waals surface area (Å²) in [5, 5.41) is -0.104. The summed E-state index contributed by atoms with van der Waals surface area (Å²) in [4.78, 5) is 31.9.